The lowest BCUT2D eigenvalue weighted by atomic mass is 10.1. The molecule has 0 fully saturated rings. The molecule has 3 rings (SSSR count). The molecule has 2 aromatic rings. The van der Waals surface area contributed by atoms with Gasteiger partial charge < -0.3 is 14.4 Å². The van der Waals surface area contributed by atoms with Crippen LogP contribution in [0.1, 0.15) is 33.1 Å². The lowest BCUT2D eigenvalue weighted by molar-refractivity contribution is 0.0748. The fourth-order valence-electron chi connectivity index (χ4n) is 3.49. The lowest BCUT2D eigenvalue weighted by Crippen LogP contribution is -2.24. The Morgan fingerprint density at radius 3 is 2.42 bits per heavy atom. The molecule has 0 spiro atoms. The number of ether oxygens (including phenoxy) is 2. The molecule has 1 unspecified atom stereocenters. The van der Waals surface area contributed by atoms with Crippen LogP contribution in [0.25, 0.3) is 11.4 Å². The van der Waals surface area contributed by atoms with E-state index in [0.717, 1.165) is 49.5 Å². The van der Waals surface area contributed by atoms with Crippen LogP contribution in [0, 0.1) is 5.92 Å². The highest BCUT2D eigenvalue weighted by molar-refractivity contribution is 5.59. The Morgan fingerprint density at radius 2 is 1.81 bits per heavy atom. The SMILES string of the molecule is CCC(CC)COc1ccc(-n2ccn(C3=CCC(OCCN(C)C)C=C3)c2=O)cc1. The third-order valence-electron chi connectivity index (χ3n) is 5.72. The maximum Gasteiger partial charge on any atom is 0.337 e. The van der Waals surface area contributed by atoms with E-state index in [-0.39, 0.29) is 11.8 Å². The van der Waals surface area contributed by atoms with E-state index in [2.05, 4.69) is 24.8 Å². The Balaban J connectivity index is 1.62. The van der Waals surface area contributed by atoms with Gasteiger partial charge in [0.15, 0.2) is 0 Å². The van der Waals surface area contributed by atoms with E-state index < -0.39 is 0 Å². The van der Waals surface area contributed by atoms with E-state index in [4.69, 9.17) is 9.47 Å². The van der Waals surface area contributed by atoms with Crippen molar-refractivity contribution in [3.8, 4) is 11.4 Å². The Labute approximate surface area is 185 Å². The monoisotopic (exact) mass is 425 g/mol. The standard InChI is InChI=1S/C25H35N3O3/c1-5-20(6-2)19-31-24-13-9-22(10-14-24)28-16-15-27(25(28)29)21-7-11-23(12-8-21)30-18-17-26(3)4/h7-11,13-16,20,23H,5-6,12,17-19H2,1-4H3. The molecule has 1 atom stereocenters. The minimum atomic E-state index is -0.0893. The molecule has 1 heterocycles. The quantitative estimate of drug-likeness (QED) is 0.541. The van der Waals surface area contributed by atoms with Crippen LogP contribution in [0.4, 0.5) is 0 Å². The second-order valence-corrected chi connectivity index (χ2v) is 8.24. The number of benzene rings is 1. The van der Waals surface area contributed by atoms with E-state index >= 15 is 0 Å². The van der Waals surface area contributed by atoms with Gasteiger partial charge in [0.25, 0.3) is 0 Å². The van der Waals surface area contributed by atoms with E-state index in [1.165, 1.54) is 0 Å². The minimum absolute atomic E-state index is 0.0639. The average molecular weight is 426 g/mol. The summed E-state index contributed by atoms with van der Waals surface area (Å²) >= 11 is 0. The molecule has 6 heteroatoms. The van der Waals surface area contributed by atoms with E-state index in [0.29, 0.717) is 12.5 Å². The average Bonchev–Trinajstić information content (AvgIpc) is 3.16. The first kappa shape index (κ1) is 23.1. The van der Waals surface area contributed by atoms with Gasteiger partial charge in [-0.1, -0.05) is 38.8 Å². The van der Waals surface area contributed by atoms with Gasteiger partial charge in [0, 0.05) is 24.6 Å². The first-order valence-electron chi connectivity index (χ1n) is 11.2. The van der Waals surface area contributed by atoms with E-state index in [9.17, 15) is 4.79 Å². The smallest absolute Gasteiger partial charge is 0.337 e. The first-order chi connectivity index (χ1) is 15.0. The molecule has 31 heavy (non-hydrogen) atoms. The van der Waals surface area contributed by atoms with Crippen LogP contribution in [-0.2, 0) is 4.74 Å². The zero-order valence-electron chi connectivity index (χ0n) is 19.2. The van der Waals surface area contributed by atoms with Crippen LogP contribution in [0.15, 0.2) is 59.7 Å². The fourth-order valence-corrected chi connectivity index (χ4v) is 3.49. The predicted molar refractivity (Wildman–Crippen MR) is 126 cm³/mol. The second kappa shape index (κ2) is 11.2. The van der Waals surface area contributed by atoms with Crippen molar-refractivity contribution in [1.82, 2.24) is 14.0 Å². The number of nitrogens with zero attached hydrogens (tertiary/aromatic N) is 3. The Morgan fingerprint density at radius 1 is 1.10 bits per heavy atom. The largest absolute Gasteiger partial charge is 0.493 e. The van der Waals surface area contributed by atoms with Crippen molar-refractivity contribution < 1.29 is 9.47 Å². The van der Waals surface area contributed by atoms with Gasteiger partial charge in [0.05, 0.1) is 25.0 Å². The molecule has 6 nitrogen and oxygen atoms in total. The van der Waals surface area contributed by atoms with Gasteiger partial charge >= 0.3 is 5.69 Å². The summed E-state index contributed by atoms with van der Waals surface area (Å²) in [6.07, 6.45) is 12.7. The summed E-state index contributed by atoms with van der Waals surface area (Å²) in [5.41, 5.74) is 1.61. The highest BCUT2D eigenvalue weighted by Gasteiger charge is 2.13. The highest BCUT2D eigenvalue weighted by Crippen LogP contribution is 2.19. The van der Waals surface area contributed by atoms with Crippen molar-refractivity contribution in [2.24, 2.45) is 5.92 Å². The molecule has 1 aliphatic carbocycles. The molecule has 0 aliphatic heterocycles. The Bertz CT molecular complexity index is 934. The maximum atomic E-state index is 13.0. The van der Waals surface area contributed by atoms with Gasteiger partial charge in [0.1, 0.15) is 5.75 Å². The van der Waals surface area contributed by atoms with Crippen molar-refractivity contribution in [1.29, 1.82) is 0 Å². The number of hydrogen-bond donors (Lipinski definition) is 0. The molecule has 1 aliphatic rings. The van der Waals surface area contributed by atoms with Gasteiger partial charge in [-0.15, -0.1) is 0 Å². The van der Waals surface area contributed by atoms with Crippen LogP contribution in [0.3, 0.4) is 0 Å². The third-order valence-corrected chi connectivity index (χ3v) is 5.72. The number of allylic oxidation sites excluding steroid dienone is 2. The third kappa shape index (κ3) is 6.21. The van der Waals surface area contributed by atoms with Crippen LogP contribution in [0.5, 0.6) is 5.75 Å². The summed E-state index contributed by atoms with van der Waals surface area (Å²) in [6, 6.07) is 7.70. The lowest BCUT2D eigenvalue weighted by Gasteiger charge is -2.18. The van der Waals surface area contributed by atoms with Crippen LogP contribution >= 0.6 is 0 Å². The molecule has 0 saturated carbocycles. The van der Waals surface area contributed by atoms with E-state index in [1.54, 1.807) is 15.3 Å². The van der Waals surface area contributed by atoms with Crippen LogP contribution < -0.4 is 10.4 Å². The number of aromatic nitrogens is 2. The second-order valence-electron chi connectivity index (χ2n) is 8.24. The van der Waals surface area contributed by atoms with Gasteiger partial charge in [0.2, 0.25) is 0 Å². The van der Waals surface area contributed by atoms with Crippen LogP contribution in [0.2, 0.25) is 0 Å². The summed E-state index contributed by atoms with van der Waals surface area (Å²) in [7, 11) is 4.06. The highest BCUT2D eigenvalue weighted by atomic mass is 16.5. The molecule has 168 valence electrons. The number of imidazole rings is 1. The summed E-state index contributed by atoms with van der Waals surface area (Å²) in [5.74, 6) is 1.41. The molecule has 0 radical (unpaired) electrons. The number of hydrogen-bond acceptors (Lipinski definition) is 4. The Kier molecular flexibility index (Phi) is 8.32. The Hall–Kier alpha value is -2.57. The minimum Gasteiger partial charge on any atom is -0.493 e. The van der Waals surface area contributed by atoms with Crippen molar-refractivity contribution in [2.75, 3.05) is 33.9 Å². The van der Waals surface area contributed by atoms with Gasteiger partial charge in [-0.25, -0.2) is 4.79 Å². The van der Waals surface area contributed by atoms with E-state index in [1.807, 2.05) is 56.7 Å². The van der Waals surface area contributed by atoms with Gasteiger partial charge in [-0.05, 0) is 56.8 Å². The number of rotatable bonds is 11. The molecule has 0 bridgehead atoms. The molecule has 1 aromatic heterocycles. The summed E-state index contributed by atoms with van der Waals surface area (Å²) < 4.78 is 15.1. The van der Waals surface area contributed by atoms with Crippen molar-refractivity contribution >= 4 is 5.70 Å². The van der Waals surface area contributed by atoms with Crippen molar-refractivity contribution in [2.45, 2.75) is 39.2 Å². The van der Waals surface area contributed by atoms with Crippen molar-refractivity contribution in [3.05, 3.63) is 65.4 Å². The maximum absolute atomic E-state index is 13.0. The molecular formula is C25H35N3O3. The summed E-state index contributed by atoms with van der Waals surface area (Å²) in [5, 5.41) is 0. The van der Waals surface area contributed by atoms with Gasteiger partial charge in [-0.2, -0.15) is 0 Å². The fraction of sp³-hybridized carbons (Fsp3) is 0.480. The molecule has 0 N–H and O–H groups in total. The van der Waals surface area contributed by atoms with Crippen LogP contribution in [-0.4, -0.2) is 54.0 Å². The van der Waals surface area contributed by atoms with Gasteiger partial charge in [-0.3, -0.25) is 9.13 Å². The predicted octanol–water partition coefficient (Wildman–Crippen LogP) is 4.20. The molecule has 0 amide bonds. The first-order valence-corrected chi connectivity index (χ1v) is 11.2. The topological polar surface area (TPSA) is 48.6 Å². The normalized spacial score (nSPS) is 16.2. The molecule has 1 aromatic carbocycles. The summed E-state index contributed by atoms with van der Waals surface area (Å²) in [4.78, 5) is 15.1. The van der Waals surface area contributed by atoms with Crippen molar-refractivity contribution in [3.63, 3.8) is 0 Å². The molecule has 0 saturated heterocycles. The summed E-state index contributed by atoms with van der Waals surface area (Å²) in [6.45, 7) is 6.69. The zero-order chi connectivity index (χ0) is 22.2. The zero-order valence-corrected chi connectivity index (χ0v) is 19.2. The molecular weight excluding hydrogens is 390 g/mol. The number of likely N-dealkylation sites (N-methyl/N-ethyl adjacent to an activating group) is 1.